The number of fused-ring (bicyclic) bond motifs is 1. The van der Waals surface area contributed by atoms with Crippen LogP contribution in [0.3, 0.4) is 0 Å². The molecule has 3 rings (SSSR count). The molecule has 0 aromatic rings. The third-order valence-corrected chi connectivity index (χ3v) is 5.15. The van der Waals surface area contributed by atoms with Crippen LogP contribution in [0.25, 0.3) is 0 Å². The maximum absolute atomic E-state index is 11.6. The van der Waals surface area contributed by atoms with Gasteiger partial charge in [0.1, 0.15) is 5.78 Å². The number of ketones is 1. The minimum Gasteiger partial charge on any atom is -0.300 e. The molecule has 2 atom stereocenters. The smallest absolute Gasteiger partial charge is 0.136 e. The molecule has 1 aliphatic carbocycles. The van der Waals surface area contributed by atoms with Gasteiger partial charge in [-0.3, -0.25) is 9.69 Å². The summed E-state index contributed by atoms with van der Waals surface area (Å²) in [6, 6.07) is 0.812. The van der Waals surface area contributed by atoms with Crippen LogP contribution in [0.5, 0.6) is 0 Å². The lowest BCUT2D eigenvalue weighted by atomic mass is 9.98. The summed E-state index contributed by atoms with van der Waals surface area (Å²) in [6.07, 6.45) is 8.46. The van der Waals surface area contributed by atoms with Gasteiger partial charge in [-0.15, -0.1) is 0 Å². The number of hydrogen-bond donors (Lipinski definition) is 0. The Bertz CT molecular complexity index is 305. The van der Waals surface area contributed by atoms with Gasteiger partial charge in [-0.1, -0.05) is 6.42 Å². The van der Waals surface area contributed by atoms with E-state index in [1.165, 1.54) is 45.4 Å². The van der Waals surface area contributed by atoms with Gasteiger partial charge in [-0.05, 0) is 45.2 Å². The number of carbonyl (C=O) groups excluding carboxylic acids is 1. The SMILES string of the molecule is O=C1CCCC1CCN1CCN2CCCCC2C1. The highest BCUT2D eigenvalue weighted by atomic mass is 16.1. The van der Waals surface area contributed by atoms with Crippen LogP contribution in [0.1, 0.15) is 44.9 Å². The Morgan fingerprint density at radius 1 is 1.06 bits per heavy atom. The molecule has 2 aliphatic heterocycles. The van der Waals surface area contributed by atoms with E-state index in [1.807, 2.05) is 0 Å². The molecule has 18 heavy (non-hydrogen) atoms. The Hall–Kier alpha value is -0.410. The first-order valence-corrected chi connectivity index (χ1v) is 7.82. The third kappa shape index (κ3) is 2.77. The fraction of sp³-hybridized carbons (Fsp3) is 0.933. The Kier molecular flexibility index (Phi) is 4.00. The van der Waals surface area contributed by atoms with Gasteiger partial charge in [0.25, 0.3) is 0 Å². The predicted octanol–water partition coefficient (Wildman–Crippen LogP) is 1.92. The van der Waals surface area contributed by atoms with Gasteiger partial charge in [0.2, 0.25) is 0 Å². The number of piperazine rings is 1. The maximum Gasteiger partial charge on any atom is 0.136 e. The lowest BCUT2D eigenvalue weighted by molar-refractivity contribution is -0.120. The fourth-order valence-electron chi connectivity index (χ4n) is 3.95. The van der Waals surface area contributed by atoms with Crippen LogP contribution in [0, 0.1) is 5.92 Å². The monoisotopic (exact) mass is 250 g/mol. The molecule has 3 heteroatoms. The number of piperidine rings is 1. The van der Waals surface area contributed by atoms with Crippen LogP contribution < -0.4 is 0 Å². The molecular formula is C15H26N2O. The number of Topliss-reactive ketones (excluding diaryl/α,β-unsaturated/α-hetero) is 1. The van der Waals surface area contributed by atoms with Crippen molar-refractivity contribution in [3.63, 3.8) is 0 Å². The van der Waals surface area contributed by atoms with Gasteiger partial charge in [-0.25, -0.2) is 0 Å². The van der Waals surface area contributed by atoms with Crippen molar-refractivity contribution in [1.82, 2.24) is 9.80 Å². The molecule has 102 valence electrons. The molecule has 0 amide bonds. The number of rotatable bonds is 3. The van der Waals surface area contributed by atoms with E-state index in [1.54, 1.807) is 0 Å². The van der Waals surface area contributed by atoms with Gasteiger partial charge in [0.05, 0.1) is 0 Å². The molecule has 0 aromatic carbocycles. The summed E-state index contributed by atoms with van der Waals surface area (Å²) in [5, 5.41) is 0. The molecular weight excluding hydrogens is 224 g/mol. The zero-order valence-electron chi connectivity index (χ0n) is 11.4. The molecule has 0 radical (unpaired) electrons. The lowest BCUT2D eigenvalue weighted by Crippen LogP contribution is -2.54. The van der Waals surface area contributed by atoms with Crippen molar-refractivity contribution in [3.8, 4) is 0 Å². The van der Waals surface area contributed by atoms with E-state index in [0.717, 1.165) is 38.3 Å². The largest absolute Gasteiger partial charge is 0.300 e. The summed E-state index contributed by atoms with van der Waals surface area (Å²) in [4.78, 5) is 16.9. The van der Waals surface area contributed by atoms with Crippen molar-refractivity contribution >= 4 is 5.78 Å². The summed E-state index contributed by atoms with van der Waals surface area (Å²) >= 11 is 0. The van der Waals surface area contributed by atoms with Gasteiger partial charge < -0.3 is 4.90 Å². The van der Waals surface area contributed by atoms with Crippen LogP contribution in [0.4, 0.5) is 0 Å². The van der Waals surface area contributed by atoms with Crippen molar-refractivity contribution in [2.45, 2.75) is 51.0 Å². The van der Waals surface area contributed by atoms with Crippen LogP contribution >= 0.6 is 0 Å². The molecule has 2 heterocycles. The Morgan fingerprint density at radius 2 is 2.00 bits per heavy atom. The summed E-state index contributed by atoms with van der Waals surface area (Å²) in [5.41, 5.74) is 0. The Labute approximate surface area is 111 Å². The normalized spacial score (nSPS) is 34.8. The topological polar surface area (TPSA) is 23.6 Å². The van der Waals surface area contributed by atoms with Crippen LogP contribution in [0.15, 0.2) is 0 Å². The fourth-order valence-corrected chi connectivity index (χ4v) is 3.95. The maximum atomic E-state index is 11.6. The molecule has 3 fully saturated rings. The molecule has 3 nitrogen and oxygen atoms in total. The van der Waals surface area contributed by atoms with Crippen molar-refractivity contribution in [3.05, 3.63) is 0 Å². The van der Waals surface area contributed by atoms with Crippen molar-refractivity contribution in [2.75, 3.05) is 32.7 Å². The quantitative estimate of drug-likeness (QED) is 0.764. The molecule has 0 bridgehead atoms. The van der Waals surface area contributed by atoms with E-state index in [4.69, 9.17) is 0 Å². The predicted molar refractivity (Wildman–Crippen MR) is 72.6 cm³/mol. The molecule has 3 aliphatic rings. The van der Waals surface area contributed by atoms with E-state index in [9.17, 15) is 4.79 Å². The summed E-state index contributed by atoms with van der Waals surface area (Å²) in [7, 11) is 0. The number of hydrogen-bond acceptors (Lipinski definition) is 3. The van der Waals surface area contributed by atoms with Crippen LogP contribution in [-0.4, -0.2) is 54.3 Å². The Morgan fingerprint density at radius 3 is 2.83 bits per heavy atom. The van der Waals surface area contributed by atoms with Crippen molar-refractivity contribution < 1.29 is 4.79 Å². The second kappa shape index (κ2) is 5.70. The third-order valence-electron chi connectivity index (χ3n) is 5.15. The van der Waals surface area contributed by atoms with E-state index < -0.39 is 0 Å². The summed E-state index contributed by atoms with van der Waals surface area (Å²) < 4.78 is 0. The standard InChI is InChI=1S/C15H26N2O/c18-15-6-3-4-13(15)7-9-16-10-11-17-8-2-1-5-14(17)12-16/h13-14H,1-12H2. The van der Waals surface area contributed by atoms with Crippen molar-refractivity contribution in [2.24, 2.45) is 5.92 Å². The Balaban J connectivity index is 1.44. The molecule has 2 saturated heterocycles. The van der Waals surface area contributed by atoms with Gasteiger partial charge in [0, 0.05) is 38.0 Å². The average Bonchev–Trinajstić information content (AvgIpc) is 2.82. The van der Waals surface area contributed by atoms with Gasteiger partial charge in [-0.2, -0.15) is 0 Å². The minimum absolute atomic E-state index is 0.398. The van der Waals surface area contributed by atoms with Gasteiger partial charge >= 0.3 is 0 Å². The molecule has 0 spiro atoms. The summed E-state index contributed by atoms with van der Waals surface area (Å²) in [5.74, 6) is 0.931. The zero-order chi connectivity index (χ0) is 12.4. The first-order chi connectivity index (χ1) is 8.83. The van der Waals surface area contributed by atoms with E-state index in [-0.39, 0.29) is 0 Å². The van der Waals surface area contributed by atoms with Crippen molar-refractivity contribution in [1.29, 1.82) is 0 Å². The van der Waals surface area contributed by atoms with E-state index in [2.05, 4.69) is 9.80 Å². The second-order valence-corrected chi connectivity index (χ2v) is 6.33. The highest BCUT2D eigenvalue weighted by Gasteiger charge is 2.30. The number of nitrogens with zero attached hydrogens (tertiary/aromatic N) is 2. The first-order valence-electron chi connectivity index (χ1n) is 7.82. The molecule has 0 N–H and O–H groups in total. The molecule has 0 aromatic heterocycles. The molecule has 2 unspecified atom stereocenters. The highest BCUT2D eigenvalue weighted by molar-refractivity contribution is 5.82. The number of carbonyl (C=O) groups is 1. The minimum atomic E-state index is 0.398. The van der Waals surface area contributed by atoms with Crippen LogP contribution in [0.2, 0.25) is 0 Å². The first kappa shape index (κ1) is 12.6. The summed E-state index contributed by atoms with van der Waals surface area (Å²) in [6.45, 7) is 6.20. The second-order valence-electron chi connectivity index (χ2n) is 6.33. The molecule has 1 saturated carbocycles. The average molecular weight is 250 g/mol. The lowest BCUT2D eigenvalue weighted by Gasteiger charge is -2.44. The van der Waals surface area contributed by atoms with Crippen LogP contribution in [-0.2, 0) is 4.79 Å². The van der Waals surface area contributed by atoms with E-state index in [0.29, 0.717) is 11.7 Å². The highest BCUT2D eigenvalue weighted by Crippen LogP contribution is 2.26. The zero-order valence-corrected chi connectivity index (χ0v) is 11.4. The van der Waals surface area contributed by atoms with E-state index >= 15 is 0 Å². The van der Waals surface area contributed by atoms with Gasteiger partial charge in [0.15, 0.2) is 0 Å².